The summed E-state index contributed by atoms with van der Waals surface area (Å²) < 4.78 is 31.0. The average molecular weight is 540 g/mol. The number of carbonyl (C=O) groups excluding carboxylic acids is 1. The molecule has 0 saturated carbocycles. The number of hydrogen-bond acceptors (Lipinski definition) is 8. The molecule has 0 fully saturated rings. The smallest absolute Gasteiger partial charge is 0.349 e. The molecule has 0 N–H and O–H groups in total. The summed E-state index contributed by atoms with van der Waals surface area (Å²) in [7, 11) is 1.35. The molecule has 1 aliphatic heterocycles. The lowest BCUT2D eigenvalue weighted by Gasteiger charge is -2.27. The minimum atomic E-state index is -1.06. The highest BCUT2D eigenvalue weighted by Crippen LogP contribution is 2.42. The van der Waals surface area contributed by atoms with Crippen molar-refractivity contribution < 1.29 is 28.2 Å². The molecule has 0 radical (unpaired) electrons. The van der Waals surface area contributed by atoms with Gasteiger partial charge in [0.25, 0.3) is 0 Å². The fourth-order valence-electron chi connectivity index (χ4n) is 4.18. The topological polar surface area (TPSA) is 70.4 Å². The number of carbonyl (C=O) groups is 1. The van der Waals surface area contributed by atoms with Gasteiger partial charge in [-0.15, -0.1) is 0 Å². The SMILES string of the molecule is COC(=O)C(C)(C)Oc1ccc(CCOc2cc3c(cc2N(CC(C)C)Sc2ccc(C)o2)CCO3)cc1. The number of nitrogens with zero attached hydrogens (tertiary/aromatic N) is 1. The monoisotopic (exact) mass is 539 g/mol. The molecular formula is C30H37NO6S. The molecule has 0 saturated heterocycles. The molecule has 1 aliphatic rings. The van der Waals surface area contributed by atoms with Crippen LogP contribution in [-0.2, 0) is 22.4 Å². The summed E-state index contributed by atoms with van der Waals surface area (Å²) >= 11 is 1.59. The van der Waals surface area contributed by atoms with Gasteiger partial charge in [-0.1, -0.05) is 26.0 Å². The fraction of sp³-hybridized carbons (Fsp3) is 0.433. The lowest BCUT2D eigenvalue weighted by molar-refractivity contribution is -0.156. The van der Waals surface area contributed by atoms with Crippen molar-refractivity contribution in [3.63, 3.8) is 0 Å². The molecule has 3 aromatic rings. The van der Waals surface area contributed by atoms with Gasteiger partial charge in [-0.25, -0.2) is 4.79 Å². The summed E-state index contributed by atoms with van der Waals surface area (Å²) in [6.07, 6.45) is 1.61. The third kappa shape index (κ3) is 6.98. The summed E-state index contributed by atoms with van der Waals surface area (Å²) in [5.74, 6) is 3.21. The number of benzene rings is 2. The Bertz CT molecular complexity index is 1230. The number of rotatable bonds is 12. The Balaban J connectivity index is 1.47. The molecule has 2 heterocycles. The van der Waals surface area contributed by atoms with Crippen molar-refractivity contribution >= 4 is 23.6 Å². The quantitative estimate of drug-likeness (QED) is 0.187. The Morgan fingerprint density at radius 2 is 1.89 bits per heavy atom. The zero-order valence-corrected chi connectivity index (χ0v) is 23.9. The molecule has 2 aromatic carbocycles. The second kappa shape index (κ2) is 12.1. The lowest BCUT2D eigenvalue weighted by atomic mass is 10.1. The predicted molar refractivity (Wildman–Crippen MR) is 149 cm³/mol. The Kier molecular flexibility index (Phi) is 8.82. The molecule has 0 unspecified atom stereocenters. The summed E-state index contributed by atoms with van der Waals surface area (Å²) in [6, 6.07) is 15.9. The summed E-state index contributed by atoms with van der Waals surface area (Å²) in [5.41, 5.74) is 2.27. The van der Waals surface area contributed by atoms with Gasteiger partial charge in [-0.05, 0) is 68.1 Å². The van der Waals surface area contributed by atoms with Crippen molar-refractivity contribution in [3.05, 3.63) is 65.4 Å². The van der Waals surface area contributed by atoms with Crippen molar-refractivity contribution in [2.75, 3.05) is 31.2 Å². The number of hydrogen-bond donors (Lipinski definition) is 0. The van der Waals surface area contributed by atoms with E-state index in [0.717, 1.165) is 46.6 Å². The summed E-state index contributed by atoms with van der Waals surface area (Å²) in [4.78, 5) is 11.9. The Morgan fingerprint density at radius 3 is 2.55 bits per heavy atom. The van der Waals surface area contributed by atoms with Gasteiger partial charge in [0.05, 0.1) is 26.0 Å². The van der Waals surface area contributed by atoms with Gasteiger partial charge in [0.2, 0.25) is 0 Å². The molecule has 4 rings (SSSR count). The maximum absolute atomic E-state index is 11.9. The number of methoxy groups -OCH3 is 1. The zero-order chi connectivity index (χ0) is 27.3. The number of ether oxygens (including phenoxy) is 4. The van der Waals surface area contributed by atoms with Crippen molar-refractivity contribution in [3.8, 4) is 17.2 Å². The molecule has 1 aromatic heterocycles. The molecule has 0 aliphatic carbocycles. The van der Waals surface area contributed by atoms with E-state index in [9.17, 15) is 4.79 Å². The second-order valence-corrected chi connectivity index (χ2v) is 11.3. The van der Waals surface area contributed by atoms with E-state index in [1.807, 2.05) is 49.4 Å². The van der Waals surface area contributed by atoms with Crippen molar-refractivity contribution in [1.82, 2.24) is 0 Å². The average Bonchev–Trinajstić information content (AvgIpc) is 3.51. The van der Waals surface area contributed by atoms with Gasteiger partial charge < -0.3 is 27.7 Å². The standard InChI is InChI=1S/C30H37NO6S/c1-20(2)19-31(38-28-12-7-21(3)36-28)25-17-23-14-16-34-26(23)18-27(25)35-15-13-22-8-10-24(11-9-22)37-30(4,5)29(32)33-6/h7-12,17-18,20H,13-16,19H2,1-6H3. The summed E-state index contributed by atoms with van der Waals surface area (Å²) in [5, 5.41) is 0.850. The van der Waals surface area contributed by atoms with E-state index >= 15 is 0 Å². The van der Waals surface area contributed by atoms with E-state index in [0.29, 0.717) is 31.3 Å². The summed E-state index contributed by atoms with van der Waals surface area (Å²) in [6.45, 7) is 11.8. The first-order chi connectivity index (χ1) is 18.1. The highest BCUT2D eigenvalue weighted by Gasteiger charge is 2.31. The van der Waals surface area contributed by atoms with Crippen LogP contribution in [0.15, 0.2) is 58.0 Å². The van der Waals surface area contributed by atoms with Crippen LogP contribution in [0, 0.1) is 12.8 Å². The molecule has 38 heavy (non-hydrogen) atoms. The van der Waals surface area contributed by atoms with Gasteiger partial charge in [0, 0.05) is 37.4 Å². The first-order valence-corrected chi connectivity index (χ1v) is 13.7. The number of esters is 1. The third-order valence-corrected chi connectivity index (χ3v) is 7.07. The van der Waals surface area contributed by atoms with E-state index in [1.165, 1.54) is 12.7 Å². The highest BCUT2D eigenvalue weighted by atomic mass is 32.2. The number of aryl methyl sites for hydroxylation is 1. The maximum atomic E-state index is 11.9. The first-order valence-electron chi connectivity index (χ1n) is 13.0. The van der Waals surface area contributed by atoms with Crippen molar-refractivity contribution in [1.29, 1.82) is 0 Å². The van der Waals surface area contributed by atoms with E-state index in [1.54, 1.807) is 25.8 Å². The van der Waals surface area contributed by atoms with E-state index in [-0.39, 0.29) is 0 Å². The van der Waals surface area contributed by atoms with E-state index < -0.39 is 11.6 Å². The van der Waals surface area contributed by atoms with Crippen LogP contribution in [0.1, 0.15) is 44.6 Å². The number of fused-ring (bicyclic) bond motifs is 1. The molecular weight excluding hydrogens is 502 g/mol. The van der Waals surface area contributed by atoms with Crippen molar-refractivity contribution in [2.45, 2.75) is 58.2 Å². The highest BCUT2D eigenvalue weighted by molar-refractivity contribution is 8.00. The van der Waals surface area contributed by atoms with Gasteiger partial charge in [0.15, 0.2) is 10.7 Å². The Morgan fingerprint density at radius 1 is 1.13 bits per heavy atom. The lowest BCUT2D eigenvalue weighted by Crippen LogP contribution is -2.39. The van der Waals surface area contributed by atoms with E-state index in [2.05, 4.69) is 24.2 Å². The first kappa shape index (κ1) is 27.8. The second-order valence-electron chi connectivity index (χ2n) is 10.3. The zero-order valence-electron chi connectivity index (χ0n) is 23.0. The molecule has 0 amide bonds. The van der Waals surface area contributed by atoms with Crippen LogP contribution < -0.4 is 18.5 Å². The largest absolute Gasteiger partial charge is 0.493 e. The molecule has 204 valence electrons. The molecule has 0 atom stereocenters. The van der Waals surface area contributed by atoms with Crippen LogP contribution in [0.5, 0.6) is 17.2 Å². The van der Waals surface area contributed by atoms with Gasteiger partial charge in [0.1, 0.15) is 23.0 Å². The minimum Gasteiger partial charge on any atom is -0.493 e. The third-order valence-electron chi connectivity index (χ3n) is 6.11. The predicted octanol–water partition coefficient (Wildman–Crippen LogP) is 6.64. The molecule has 0 bridgehead atoms. The molecule has 8 heteroatoms. The normalized spacial score (nSPS) is 12.7. The maximum Gasteiger partial charge on any atom is 0.349 e. The fourth-order valence-corrected chi connectivity index (χ4v) is 5.30. The van der Waals surface area contributed by atoms with Crippen molar-refractivity contribution in [2.24, 2.45) is 5.92 Å². The number of anilines is 1. The Labute approximate surface area is 229 Å². The number of furan rings is 1. The minimum absolute atomic E-state index is 0.420. The van der Waals surface area contributed by atoms with Gasteiger partial charge in [-0.3, -0.25) is 0 Å². The molecule has 0 spiro atoms. The Hall–Kier alpha value is -3.26. The van der Waals surface area contributed by atoms with Gasteiger partial charge >= 0.3 is 5.97 Å². The molecule has 7 nitrogen and oxygen atoms in total. The van der Waals surface area contributed by atoms with Crippen LogP contribution in [0.3, 0.4) is 0 Å². The van der Waals surface area contributed by atoms with Gasteiger partial charge in [-0.2, -0.15) is 0 Å². The van der Waals surface area contributed by atoms with Crippen LogP contribution >= 0.6 is 11.9 Å². The van der Waals surface area contributed by atoms with Crippen LogP contribution in [0.25, 0.3) is 0 Å². The van der Waals surface area contributed by atoms with E-state index in [4.69, 9.17) is 23.4 Å². The van der Waals surface area contributed by atoms with Crippen LogP contribution in [0.4, 0.5) is 5.69 Å². The van der Waals surface area contributed by atoms with Crippen LogP contribution in [0.2, 0.25) is 0 Å². The van der Waals surface area contributed by atoms with Crippen LogP contribution in [-0.4, -0.2) is 38.4 Å².